The first-order valence-electron chi connectivity index (χ1n) is 2.39. The first kappa shape index (κ1) is 8.72. The van der Waals surface area contributed by atoms with E-state index >= 15 is 0 Å². The van der Waals surface area contributed by atoms with Gasteiger partial charge in [0.25, 0.3) is 10.2 Å². The summed E-state index contributed by atoms with van der Waals surface area (Å²) in [5.41, 5.74) is 0. The van der Waals surface area contributed by atoms with Crippen molar-refractivity contribution in [1.82, 2.24) is 4.98 Å². The second-order valence-electron chi connectivity index (χ2n) is 1.62. The van der Waals surface area contributed by atoms with Crippen molar-refractivity contribution >= 4 is 38.3 Å². The first-order chi connectivity index (χ1) is 4.97. The Morgan fingerprint density at radius 3 is 2.73 bits per heavy atom. The van der Waals surface area contributed by atoms with Gasteiger partial charge in [-0.15, -0.1) is 0 Å². The maximum Gasteiger partial charge on any atom is 0.298 e. The van der Waals surface area contributed by atoms with Gasteiger partial charge in [-0.25, -0.2) is 14.8 Å². The molecule has 0 spiro atoms. The Balaban J connectivity index is 2.81. The van der Waals surface area contributed by atoms with Crippen LogP contribution in [0, 0.1) is 0 Å². The number of thiazole rings is 1. The molecule has 5 nitrogen and oxygen atoms in total. The lowest BCUT2D eigenvalue weighted by atomic mass is 11.0. The van der Waals surface area contributed by atoms with Gasteiger partial charge in [-0.05, 0) is 0 Å². The van der Waals surface area contributed by atoms with Gasteiger partial charge in [-0.1, -0.05) is 22.9 Å². The van der Waals surface area contributed by atoms with Crippen LogP contribution in [0.5, 0.6) is 0 Å². The van der Waals surface area contributed by atoms with E-state index in [0.717, 1.165) is 11.3 Å². The molecule has 0 radical (unpaired) electrons. The van der Waals surface area contributed by atoms with Crippen molar-refractivity contribution in [2.24, 2.45) is 5.14 Å². The number of anilines is 1. The minimum atomic E-state index is -3.72. The van der Waals surface area contributed by atoms with Crippen molar-refractivity contribution in [3.63, 3.8) is 0 Å². The van der Waals surface area contributed by atoms with Gasteiger partial charge in [0, 0.05) is 0 Å². The number of hydrogen-bond acceptors (Lipinski definition) is 4. The molecule has 0 saturated carbocycles. The van der Waals surface area contributed by atoms with Gasteiger partial charge in [0.1, 0.15) is 4.34 Å². The van der Waals surface area contributed by atoms with Gasteiger partial charge in [-0.3, -0.25) is 0 Å². The third-order valence-corrected chi connectivity index (χ3v) is 2.34. The van der Waals surface area contributed by atoms with E-state index in [-0.39, 0.29) is 5.13 Å². The number of nitrogens with zero attached hydrogens (tertiary/aromatic N) is 1. The summed E-state index contributed by atoms with van der Waals surface area (Å²) in [5.74, 6) is 0. The van der Waals surface area contributed by atoms with E-state index in [4.69, 9.17) is 11.6 Å². The molecular weight excluding hydrogens is 210 g/mol. The highest BCUT2D eigenvalue weighted by molar-refractivity contribution is 7.90. The minimum absolute atomic E-state index is 0.164. The van der Waals surface area contributed by atoms with Crippen LogP contribution >= 0.6 is 22.9 Å². The Bertz CT molecular complexity index is 345. The molecular formula is C3H4ClN3O2S2. The number of nitrogens with one attached hydrogen (secondary N) is 1. The van der Waals surface area contributed by atoms with Crippen molar-refractivity contribution in [3.8, 4) is 0 Å². The lowest BCUT2D eigenvalue weighted by molar-refractivity contribution is 0.603. The van der Waals surface area contributed by atoms with Crippen LogP contribution in [-0.4, -0.2) is 13.4 Å². The Morgan fingerprint density at radius 2 is 2.36 bits per heavy atom. The standard InChI is InChI=1S/C3H4ClN3O2S2/c4-2-1-6-3(10-2)7-11(5,8)9/h1H,(H,6,7)(H2,5,8,9). The van der Waals surface area contributed by atoms with Crippen molar-refractivity contribution in [3.05, 3.63) is 10.5 Å². The van der Waals surface area contributed by atoms with Crippen molar-refractivity contribution in [1.29, 1.82) is 0 Å². The average molecular weight is 214 g/mol. The Morgan fingerprint density at radius 1 is 1.73 bits per heavy atom. The Labute approximate surface area is 72.4 Å². The normalized spacial score (nSPS) is 11.5. The highest BCUT2D eigenvalue weighted by atomic mass is 35.5. The van der Waals surface area contributed by atoms with Crippen LogP contribution in [0.1, 0.15) is 0 Å². The molecule has 0 fully saturated rings. The van der Waals surface area contributed by atoms with Crippen LogP contribution in [0.15, 0.2) is 6.20 Å². The van der Waals surface area contributed by atoms with Crippen LogP contribution in [-0.2, 0) is 10.2 Å². The van der Waals surface area contributed by atoms with Gasteiger partial charge >= 0.3 is 0 Å². The van der Waals surface area contributed by atoms with E-state index in [9.17, 15) is 8.42 Å². The summed E-state index contributed by atoms with van der Waals surface area (Å²) in [6.07, 6.45) is 1.33. The molecule has 0 saturated heterocycles. The van der Waals surface area contributed by atoms with Gasteiger partial charge in [0.05, 0.1) is 6.20 Å². The molecule has 0 aromatic carbocycles. The third kappa shape index (κ3) is 3.02. The quantitative estimate of drug-likeness (QED) is 0.746. The lowest BCUT2D eigenvalue weighted by Gasteiger charge is -1.94. The van der Waals surface area contributed by atoms with Crippen molar-refractivity contribution < 1.29 is 8.42 Å². The number of nitrogens with two attached hydrogens (primary N) is 1. The highest BCUT2D eigenvalue weighted by Crippen LogP contribution is 2.22. The fraction of sp³-hybridized carbons (Fsp3) is 0. The maximum absolute atomic E-state index is 10.4. The molecule has 8 heteroatoms. The Kier molecular flexibility index (Phi) is 2.33. The molecule has 11 heavy (non-hydrogen) atoms. The molecule has 0 amide bonds. The second kappa shape index (κ2) is 2.94. The molecule has 1 aromatic heterocycles. The van der Waals surface area contributed by atoms with Gasteiger partial charge < -0.3 is 0 Å². The van der Waals surface area contributed by atoms with Gasteiger partial charge in [-0.2, -0.15) is 8.42 Å². The van der Waals surface area contributed by atoms with E-state index in [1.165, 1.54) is 6.20 Å². The molecule has 1 rings (SSSR count). The van der Waals surface area contributed by atoms with Crippen LogP contribution < -0.4 is 9.86 Å². The fourth-order valence-electron chi connectivity index (χ4n) is 0.423. The van der Waals surface area contributed by atoms with Crippen LogP contribution in [0.25, 0.3) is 0 Å². The third-order valence-electron chi connectivity index (χ3n) is 0.707. The van der Waals surface area contributed by atoms with Crippen LogP contribution in [0.4, 0.5) is 5.13 Å². The van der Waals surface area contributed by atoms with Crippen molar-refractivity contribution in [2.75, 3.05) is 4.72 Å². The molecule has 0 aliphatic heterocycles. The Hall–Kier alpha value is -0.370. The molecule has 1 aromatic rings. The predicted molar refractivity (Wildman–Crippen MR) is 43.9 cm³/mol. The molecule has 1 heterocycles. The molecule has 0 atom stereocenters. The SMILES string of the molecule is NS(=O)(=O)Nc1ncc(Cl)s1. The van der Waals surface area contributed by atoms with E-state index in [1.807, 2.05) is 4.72 Å². The smallest absolute Gasteiger partial charge is 0.246 e. The van der Waals surface area contributed by atoms with E-state index in [0.29, 0.717) is 4.34 Å². The number of aromatic nitrogens is 1. The number of hydrogen-bond donors (Lipinski definition) is 2. The van der Waals surface area contributed by atoms with Gasteiger partial charge in [0.15, 0.2) is 5.13 Å². The number of halogens is 1. The summed E-state index contributed by atoms with van der Waals surface area (Å²) in [7, 11) is -3.72. The largest absolute Gasteiger partial charge is 0.298 e. The van der Waals surface area contributed by atoms with Crippen molar-refractivity contribution in [2.45, 2.75) is 0 Å². The zero-order valence-corrected chi connectivity index (χ0v) is 7.50. The van der Waals surface area contributed by atoms with Crippen LogP contribution in [0.3, 0.4) is 0 Å². The monoisotopic (exact) mass is 213 g/mol. The summed E-state index contributed by atoms with van der Waals surface area (Å²) >= 11 is 6.47. The fourth-order valence-corrected chi connectivity index (χ4v) is 1.90. The summed E-state index contributed by atoms with van der Waals surface area (Å²) in [6, 6.07) is 0. The summed E-state index contributed by atoms with van der Waals surface area (Å²) in [6.45, 7) is 0. The molecule has 0 aliphatic carbocycles. The minimum Gasteiger partial charge on any atom is -0.246 e. The zero-order chi connectivity index (χ0) is 8.48. The van der Waals surface area contributed by atoms with E-state index in [1.54, 1.807) is 0 Å². The predicted octanol–water partition coefficient (Wildman–Crippen LogP) is 0.412. The summed E-state index contributed by atoms with van der Waals surface area (Å²) in [5, 5.41) is 4.83. The molecule has 3 N–H and O–H groups in total. The number of rotatable bonds is 2. The second-order valence-corrected chi connectivity index (χ2v) is 4.57. The summed E-state index contributed by atoms with van der Waals surface area (Å²) < 4.78 is 23.2. The van der Waals surface area contributed by atoms with E-state index < -0.39 is 10.2 Å². The molecule has 62 valence electrons. The topological polar surface area (TPSA) is 85.1 Å². The molecule has 0 aliphatic rings. The zero-order valence-electron chi connectivity index (χ0n) is 5.11. The molecule has 0 bridgehead atoms. The maximum atomic E-state index is 10.4. The van der Waals surface area contributed by atoms with E-state index in [2.05, 4.69) is 10.1 Å². The first-order valence-corrected chi connectivity index (χ1v) is 5.13. The molecule has 0 unspecified atom stereocenters. The average Bonchev–Trinajstić information content (AvgIpc) is 2.10. The highest BCUT2D eigenvalue weighted by Gasteiger charge is 2.05. The lowest BCUT2D eigenvalue weighted by Crippen LogP contribution is -2.21. The summed E-state index contributed by atoms with van der Waals surface area (Å²) in [4.78, 5) is 3.62. The van der Waals surface area contributed by atoms with Crippen LogP contribution in [0.2, 0.25) is 4.34 Å². The van der Waals surface area contributed by atoms with Gasteiger partial charge in [0.2, 0.25) is 0 Å².